The average molecular weight is 294 g/mol. The van der Waals surface area contributed by atoms with E-state index in [-0.39, 0.29) is 5.97 Å². The van der Waals surface area contributed by atoms with Crippen LogP contribution in [0, 0.1) is 0 Å². The molecule has 122 valence electrons. The van der Waals surface area contributed by atoms with Gasteiger partial charge in [0, 0.05) is 6.42 Å². The van der Waals surface area contributed by atoms with Crippen molar-refractivity contribution in [2.24, 2.45) is 0 Å². The molecule has 0 aromatic rings. The molecule has 0 aromatic carbocycles. The Labute approximate surface area is 131 Å². The molecule has 1 aliphatic heterocycles. The maximum Gasteiger partial charge on any atom is 0.315 e. The number of hydrogen-bond donors (Lipinski definition) is 0. The molecule has 0 aliphatic carbocycles. The molecular weight excluding hydrogens is 260 g/mol. The Morgan fingerprint density at radius 3 is 1.71 bits per heavy atom. The highest BCUT2D eigenvalue weighted by molar-refractivity contribution is 5.76. The molecule has 0 aromatic heterocycles. The number of ether oxygens (including phenoxy) is 1. The minimum absolute atomic E-state index is 0.0681. The first kappa shape index (κ1) is 18.3. The van der Waals surface area contributed by atoms with Crippen LogP contribution in [0.1, 0.15) is 104 Å². The van der Waals surface area contributed by atoms with E-state index in [1.54, 1.807) is 0 Å². The molecule has 0 bridgehead atoms. The number of rotatable bonds is 13. The van der Waals surface area contributed by atoms with Crippen LogP contribution in [0.3, 0.4) is 0 Å². The van der Waals surface area contributed by atoms with Gasteiger partial charge < -0.3 is 4.74 Å². The summed E-state index contributed by atoms with van der Waals surface area (Å²) in [4.78, 5) is 11.1. The van der Waals surface area contributed by atoms with Crippen LogP contribution in [0.5, 0.6) is 0 Å². The van der Waals surface area contributed by atoms with Crippen LogP contribution >= 0.6 is 0 Å². The summed E-state index contributed by atoms with van der Waals surface area (Å²) in [6.07, 6.45) is 17.9. The standard InChI is InChI=1S/C19H34O2/c1-3-4-5-6-7-8-9-10-11-12-13-14-15-18-17(2)16-19(20)21-18/h3-16H2,1-2H3. The number of hydrogen-bond acceptors (Lipinski definition) is 2. The minimum atomic E-state index is -0.0681. The van der Waals surface area contributed by atoms with E-state index in [0.29, 0.717) is 6.42 Å². The Balaban J connectivity index is 1.81. The number of esters is 1. The fourth-order valence-electron chi connectivity index (χ4n) is 2.97. The lowest BCUT2D eigenvalue weighted by molar-refractivity contribution is -0.136. The maximum absolute atomic E-state index is 11.1. The first-order valence-corrected chi connectivity index (χ1v) is 9.13. The predicted octanol–water partition coefficient (Wildman–Crippen LogP) is 6.30. The lowest BCUT2D eigenvalue weighted by Crippen LogP contribution is -1.93. The summed E-state index contributed by atoms with van der Waals surface area (Å²) in [6.45, 7) is 4.29. The molecule has 1 rings (SSSR count). The van der Waals surface area contributed by atoms with Gasteiger partial charge in [0.25, 0.3) is 0 Å². The van der Waals surface area contributed by atoms with E-state index in [1.807, 2.05) is 6.92 Å². The third kappa shape index (κ3) is 8.95. The van der Waals surface area contributed by atoms with Gasteiger partial charge in [-0.05, 0) is 18.9 Å². The normalized spacial score (nSPS) is 14.9. The van der Waals surface area contributed by atoms with Crippen LogP contribution in [0.15, 0.2) is 11.3 Å². The Bertz CT molecular complexity index is 318. The van der Waals surface area contributed by atoms with Gasteiger partial charge in [-0.2, -0.15) is 0 Å². The molecule has 0 amide bonds. The zero-order valence-corrected chi connectivity index (χ0v) is 14.2. The molecular formula is C19H34O2. The largest absolute Gasteiger partial charge is 0.431 e. The summed E-state index contributed by atoms with van der Waals surface area (Å²) >= 11 is 0. The van der Waals surface area contributed by atoms with Crippen LogP contribution in [0.2, 0.25) is 0 Å². The first-order valence-electron chi connectivity index (χ1n) is 9.13. The molecule has 1 aliphatic rings. The van der Waals surface area contributed by atoms with Crippen molar-refractivity contribution in [1.29, 1.82) is 0 Å². The number of unbranched alkanes of at least 4 members (excludes halogenated alkanes) is 11. The van der Waals surface area contributed by atoms with Crippen molar-refractivity contribution in [1.82, 2.24) is 0 Å². The topological polar surface area (TPSA) is 26.3 Å². The Morgan fingerprint density at radius 1 is 0.810 bits per heavy atom. The van der Waals surface area contributed by atoms with Gasteiger partial charge >= 0.3 is 5.97 Å². The average Bonchev–Trinajstić information content (AvgIpc) is 2.78. The third-order valence-corrected chi connectivity index (χ3v) is 4.38. The van der Waals surface area contributed by atoms with Crippen molar-refractivity contribution < 1.29 is 9.53 Å². The lowest BCUT2D eigenvalue weighted by Gasteiger charge is -2.04. The molecule has 0 fully saturated rings. The Hall–Kier alpha value is -0.790. The van der Waals surface area contributed by atoms with Gasteiger partial charge in [-0.3, -0.25) is 4.79 Å². The van der Waals surface area contributed by atoms with Crippen LogP contribution in [0.25, 0.3) is 0 Å². The fourth-order valence-corrected chi connectivity index (χ4v) is 2.97. The first-order chi connectivity index (χ1) is 10.2. The SMILES string of the molecule is CCCCCCCCCCCCCCC1=C(C)CC(=O)O1. The molecule has 0 saturated carbocycles. The van der Waals surface area contributed by atoms with E-state index >= 15 is 0 Å². The number of carbonyl (C=O) groups is 1. The van der Waals surface area contributed by atoms with Crippen molar-refractivity contribution in [2.45, 2.75) is 104 Å². The van der Waals surface area contributed by atoms with E-state index in [9.17, 15) is 4.79 Å². The van der Waals surface area contributed by atoms with Gasteiger partial charge in [-0.25, -0.2) is 0 Å². The van der Waals surface area contributed by atoms with Crippen molar-refractivity contribution >= 4 is 5.97 Å². The van der Waals surface area contributed by atoms with E-state index in [1.165, 1.54) is 70.6 Å². The summed E-state index contributed by atoms with van der Waals surface area (Å²) in [6, 6.07) is 0. The lowest BCUT2D eigenvalue weighted by atomic mass is 10.0. The second-order valence-corrected chi connectivity index (χ2v) is 6.49. The smallest absolute Gasteiger partial charge is 0.315 e. The van der Waals surface area contributed by atoms with E-state index in [4.69, 9.17) is 4.74 Å². The quantitative estimate of drug-likeness (QED) is 0.294. The summed E-state index contributed by atoms with van der Waals surface area (Å²) in [5.74, 6) is 0.883. The highest BCUT2D eigenvalue weighted by atomic mass is 16.5. The van der Waals surface area contributed by atoms with Crippen LogP contribution < -0.4 is 0 Å². The van der Waals surface area contributed by atoms with Gasteiger partial charge in [0.1, 0.15) is 5.76 Å². The maximum atomic E-state index is 11.1. The zero-order chi connectivity index (χ0) is 15.3. The monoisotopic (exact) mass is 294 g/mol. The fraction of sp³-hybridized carbons (Fsp3) is 0.842. The Morgan fingerprint density at radius 2 is 1.29 bits per heavy atom. The van der Waals surface area contributed by atoms with Gasteiger partial charge in [0.2, 0.25) is 0 Å². The predicted molar refractivity (Wildman–Crippen MR) is 89.1 cm³/mol. The van der Waals surface area contributed by atoms with Gasteiger partial charge in [-0.1, -0.05) is 77.6 Å². The second kappa shape index (κ2) is 11.8. The molecule has 0 atom stereocenters. The second-order valence-electron chi connectivity index (χ2n) is 6.49. The molecule has 2 heteroatoms. The van der Waals surface area contributed by atoms with Crippen LogP contribution in [-0.2, 0) is 9.53 Å². The van der Waals surface area contributed by atoms with Crippen molar-refractivity contribution in [2.75, 3.05) is 0 Å². The Kier molecular flexibility index (Phi) is 10.3. The summed E-state index contributed by atoms with van der Waals surface area (Å²) in [5.41, 5.74) is 1.14. The number of carbonyl (C=O) groups excluding carboxylic acids is 1. The highest BCUT2D eigenvalue weighted by Gasteiger charge is 2.19. The van der Waals surface area contributed by atoms with Crippen molar-refractivity contribution in [3.05, 3.63) is 11.3 Å². The molecule has 1 heterocycles. The molecule has 0 N–H and O–H groups in total. The summed E-state index contributed by atoms with van der Waals surface area (Å²) in [5, 5.41) is 0. The van der Waals surface area contributed by atoms with Crippen molar-refractivity contribution in [3.63, 3.8) is 0 Å². The van der Waals surface area contributed by atoms with E-state index in [2.05, 4.69) is 6.92 Å². The van der Waals surface area contributed by atoms with Gasteiger partial charge in [0.05, 0.1) is 6.42 Å². The highest BCUT2D eigenvalue weighted by Crippen LogP contribution is 2.24. The van der Waals surface area contributed by atoms with Crippen LogP contribution in [-0.4, -0.2) is 5.97 Å². The molecule has 0 spiro atoms. The van der Waals surface area contributed by atoms with Crippen LogP contribution in [0.4, 0.5) is 0 Å². The molecule has 0 saturated heterocycles. The van der Waals surface area contributed by atoms with Gasteiger partial charge in [0.15, 0.2) is 0 Å². The summed E-state index contributed by atoms with van der Waals surface area (Å²) in [7, 11) is 0. The van der Waals surface area contributed by atoms with E-state index in [0.717, 1.165) is 24.2 Å². The molecule has 0 radical (unpaired) electrons. The molecule has 0 unspecified atom stereocenters. The summed E-state index contributed by atoms with van der Waals surface area (Å²) < 4.78 is 5.21. The number of allylic oxidation sites excluding steroid dienone is 1. The van der Waals surface area contributed by atoms with Gasteiger partial charge in [-0.15, -0.1) is 0 Å². The third-order valence-electron chi connectivity index (χ3n) is 4.38. The molecule has 2 nitrogen and oxygen atoms in total. The minimum Gasteiger partial charge on any atom is -0.431 e. The van der Waals surface area contributed by atoms with E-state index < -0.39 is 0 Å². The van der Waals surface area contributed by atoms with Crippen molar-refractivity contribution in [3.8, 4) is 0 Å². The molecule has 21 heavy (non-hydrogen) atoms. The zero-order valence-electron chi connectivity index (χ0n) is 14.2. The number of cyclic esters (lactones) is 1.